The van der Waals surface area contributed by atoms with E-state index < -0.39 is 0 Å². The van der Waals surface area contributed by atoms with Crippen LogP contribution in [0.2, 0.25) is 0 Å². The number of rotatable bonds is 6. The number of amides is 1. The second-order valence-corrected chi connectivity index (χ2v) is 7.19. The quantitative estimate of drug-likeness (QED) is 0.658. The zero-order valence-electron chi connectivity index (χ0n) is 16.5. The molecule has 0 saturated carbocycles. The molecule has 1 aromatic carbocycles. The predicted octanol–water partition coefficient (Wildman–Crippen LogP) is 3.55. The minimum Gasteiger partial charge on any atom is -0.494 e. The summed E-state index contributed by atoms with van der Waals surface area (Å²) in [6.07, 6.45) is 3.69. The molecule has 6 nitrogen and oxygen atoms in total. The fourth-order valence-electron chi connectivity index (χ4n) is 3.98. The molecular formula is C22H26N4O2. The molecule has 1 aliphatic rings. The number of likely N-dealkylation sites (tertiary alicyclic amines) is 1. The molecule has 3 heterocycles. The lowest BCUT2D eigenvalue weighted by molar-refractivity contribution is 0.0787. The maximum Gasteiger partial charge on any atom is 0.253 e. The number of aryl methyl sites for hydroxylation is 1. The Morgan fingerprint density at radius 1 is 1.21 bits per heavy atom. The molecule has 0 bridgehead atoms. The van der Waals surface area contributed by atoms with E-state index in [4.69, 9.17) is 9.72 Å². The van der Waals surface area contributed by atoms with Crippen molar-refractivity contribution in [3.8, 4) is 5.75 Å². The van der Waals surface area contributed by atoms with Gasteiger partial charge in [0.15, 0.2) is 5.65 Å². The van der Waals surface area contributed by atoms with Gasteiger partial charge in [0.25, 0.3) is 5.91 Å². The Hall–Kier alpha value is -2.89. The monoisotopic (exact) mass is 378 g/mol. The molecule has 1 aliphatic heterocycles. The highest BCUT2D eigenvalue weighted by Crippen LogP contribution is 2.24. The van der Waals surface area contributed by atoms with Gasteiger partial charge in [-0.05, 0) is 62.6 Å². The first kappa shape index (κ1) is 18.5. The minimum absolute atomic E-state index is 0.0937. The zero-order valence-corrected chi connectivity index (χ0v) is 16.5. The molecule has 1 fully saturated rings. The van der Waals surface area contributed by atoms with Crippen molar-refractivity contribution in [2.75, 3.05) is 19.7 Å². The fraction of sp³-hybridized carbons (Fsp3) is 0.409. The van der Waals surface area contributed by atoms with E-state index in [0.717, 1.165) is 55.2 Å². The highest BCUT2D eigenvalue weighted by molar-refractivity contribution is 5.94. The van der Waals surface area contributed by atoms with Crippen LogP contribution in [-0.2, 0) is 13.0 Å². The second kappa shape index (κ2) is 8.00. The Kier molecular flexibility index (Phi) is 5.28. The number of hydrogen-bond acceptors (Lipinski definition) is 4. The summed E-state index contributed by atoms with van der Waals surface area (Å²) in [7, 11) is 0. The van der Waals surface area contributed by atoms with E-state index in [1.165, 1.54) is 0 Å². The van der Waals surface area contributed by atoms with Gasteiger partial charge in [0.05, 0.1) is 6.61 Å². The molecule has 0 spiro atoms. The first-order chi connectivity index (χ1) is 13.7. The third-order valence-corrected chi connectivity index (χ3v) is 5.36. The van der Waals surface area contributed by atoms with Gasteiger partial charge in [0, 0.05) is 37.8 Å². The van der Waals surface area contributed by atoms with Crippen LogP contribution in [0.1, 0.15) is 36.5 Å². The number of pyridine rings is 1. The standard InChI is InChI=1S/C22H26N4O2/c1-3-26-20(24-19-6-5-12-23-21(19)26)14-16-11-13-25(15-16)22(27)17-7-9-18(10-8-17)28-4-2/h5-10,12,16H,3-4,11,13-15H2,1-2H3/t16-/m0/s1. The number of nitrogens with zero attached hydrogens (tertiary/aromatic N) is 4. The van der Waals surface area contributed by atoms with Crippen molar-refractivity contribution >= 4 is 17.1 Å². The van der Waals surface area contributed by atoms with Crippen LogP contribution in [0.4, 0.5) is 0 Å². The number of carbonyl (C=O) groups is 1. The average Bonchev–Trinajstić information content (AvgIpc) is 3.32. The van der Waals surface area contributed by atoms with Crippen LogP contribution < -0.4 is 4.74 Å². The van der Waals surface area contributed by atoms with Crippen LogP contribution in [0.3, 0.4) is 0 Å². The van der Waals surface area contributed by atoms with Gasteiger partial charge in [-0.1, -0.05) is 0 Å². The van der Waals surface area contributed by atoms with Gasteiger partial charge in [0.1, 0.15) is 17.1 Å². The SMILES string of the molecule is CCOc1ccc(C(=O)N2CC[C@@H](Cc3nc4cccnc4n3CC)C2)cc1. The van der Waals surface area contributed by atoms with Crippen molar-refractivity contribution in [3.63, 3.8) is 0 Å². The van der Waals surface area contributed by atoms with Crippen LogP contribution in [0.25, 0.3) is 11.2 Å². The number of benzene rings is 1. The molecule has 2 aromatic heterocycles. The Morgan fingerprint density at radius 3 is 2.79 bits per heavy atom. The van der Waals surface area contributed by atoms with Gasteiger partial charge < -0.3 is 14.2 Å². The summed E-state index contributed by atoms with van der Waals surface area (Å²) in [5.74, 6) is 2.38. The third-order valence-electron chi connectivity index (χ3n) is 5.36. The number of hydrogen-bond donors (Lipinski definition) is 0. The molecule has 0 aliphatic carbocycles. The summed E-state index contributed by atoms with van der Waals surface area (Å²) < 4.78 is 7.64. The van der Waals surface area contributed by atoms with E-state index in [9.17, 15) is 4.79 Å². The molecule has 28 heavy (non-hydrogen) atoms. The van der Waals surface area contributed by atoms with Crippen molar-refractivity contribution < 1.29 is 9.53 Å². The lowest BCUT2D eigenvalue weighted by Gasteiger charge is -2.17. The van der Waals surface area contributed by atoms with Crippen LogP contribution >= 0.6 is 0 Å². The van der Waals surface area contributed by atoms with E-state index in [2.05, 4.69) is 16.5 Å². The number of aromatic nitrogens is 3. The lowest BCUT2D eigenvalue weighted by atomic mass is 10.0. The summed E-state index contributed by atoms with van der Waals surface area (Å²) in [4.78, 5) is 24.0. The van der Waals surface area contributed by atoms with Crippen LogP contribution in [0.5, 0.6) is 5.75 Å². The molecule has 1 saturated heterocycles. The van der Waals surface area contributed by atoms with Gasteiger partial charge >= 0.3 is 0 Å². The molecular weight excluding hydrogens is 352 g/mol. The maximum absolute atomic E-state index is 12.8. The number of fused-ring (bicyclic) bond motifs is 1. The van der Waals surface area contributed by atoms with Gasteiger partial charge in [-0.15, -0.1) is 0 Å². The molecule has 0 N–H and O–H groups in total. The van der Waals surface area contributed by atoms with Crippen molar-refractivity contribution in [3.05, 3.63) is 54.0 Å². The largest absolute Gasteiger partial charge is 0.494 e. The van der Waals surface area contributed by atoms with Crippen LogP contribution in [0, 0.1) is 5.92 Å². The molecule has 6 heteroatoms. The van der Waals surface area contributed by atoms with Crippen molar-refractivity contribution in [1.29, 1.82) is 0 Å². The first-order valence-corrected chi connectivity index (χ1v) is 10.0. The lowest BCUT2D eigenvalue weighted by Crippen LogP contribution is -2.29. The smallest absolute Gasteiger partial charge is 0.253 e. The van der Waals surface area contributed by atoms with Gasteiger partial charge in [-0.3, -0.25) is 4.79 Å². The molecule has 146 valence electrons. The first-order valence-electron chi connectivity index (χ1n) is 10.0. The van der Waals surface area contributed by atoms with Crippen molar-refractivity contribution in [1.82, 2.24) is 19.4 Å². The fourth-order valence-corrected chi connectivity index (χ4v) is 3.98. The van der Waals surface area contributed by atoms with Gasteiger partial charge in [-0.25, -0.2) is 9.97 Å². The van der Waals surface area contributed by atoms with E-state index in [-0.39, 0.29) is 5.91 Å². The summed E-state index contributed by atoms with van der Waals surface area (Å²) in [6.45, 7) is 7.11. The number of carbonyl (C=O) groups excluding carboxylic acids is 1. The third kappa shape index (κ3) is 3.59. The Bertz CT molecular complexity index is 964. The Morgan fingerprint density at radius 2 is 2.04 bits per heavy atom. The normalized spacial score (nSPS) is 16.6. The van der Waals surface area contributed by atoms with Crippen LogP contribution in [-0.4, -0.2) is 45.0 Å². The molecule has 3 aromatic rings. The highest BCUT2D eigenvalue weighted by Gasteiger charge is 2.28. The van der Waals surface area contributed by atoms with Crippen LogP contribution in [0.15, 0.2) is 42.6 Å². The summed E-state index contributed by atoms with van der Waals surface area (Å²) in [5.41, 5.74) is 2.61. The van der Waals surface area contributed by atoms with Crippen molar-refractivity contribution in [2.24, 2.45) is 5.92 Å². The van der Waals surface area contributed by atoms with E-state index >= 15 is 0 Å². The Labute approximate surface area is 165 Å². The molecule has 1 atom stereocenters. The molecule has 1 amide bonds. The zero-order chi connectivity index (χ0) is 19.5. The van der Waals surface area contributed by atoms with Gasteiger partial charge in [0.2, 0.25) is 0 Å². The van der Waals surface area contributed by atoms with E-state index in [1.807, 2.05) is 54.4 Å². The Balaban J connectivity index is 1.43. The second-order valence-electron chi connectivity index (χ2n) is 7.19. The molecule has 0 radical (unpaired) electrons. The predicted molar refractivity (Wildman–Crippen MR) is 109 cm³/mol. The van der Waals surface area contributed by atoms with E-state index in [1.54, 1.807) is 0 Å². The molecule has 0 unspecified atom stereocenters. The summed E-state index contributed by atoms with van der Waals surface area (Å²) >= 11 is 0. The average molecular weight is 378 g/mol. The molecule has 4 rings (SSSR count). The number of imidazole rings is 1. The summed E-state index contributed by atoms with van der Waals surface area (Å²) in [5, 5.41) is 0. The minimum atomic E-state index is 0.0937. The van der Waals surface area contributed by atoms with Gasteiger partial charge in [-0.2, -0.15) is 0 Å². The van der Waals surface area contributed by atoms with E-state index in [0.29, 0.717) is 18.1 Å². The van der Waals surface area contributed by atoms with Crippen molar-refractivity contribution in [2.45, 2.75) is 33.2 Å². The topological polar surface area (TPSA) is 60.2 Å². The maximum atomic E-state index is 12.8. The number of ether oxygens (including phenoxy) is 1. The summed E-state index contributed by atoms with van der Waals surface area (Å²) in [6, 6.07) is 11.4. The highest BCUT2D eigenvalue weighted by atomic mass is 16.5.